The molecule has 11 heteroatoms. The van der Waals surface area contributed by atoms with Gasteiger partial charge in [0.2, 0.25) is 11.7 Å². The normalized spacial score (nSPS) is 15.4. The minimum Gasteiger partial charge on any atom is -0.493 e. The van der Waals surface area contributed by atoms with Crippen LogP contribution >= 0.6 is 0 Å². The number of fused-ring (bicyclic) bond motifs is 2. The largest absolute Gasteiger partial charge is 0.493 e. The number of hydrogen-bond acceptors (Lipinski definition) is 8. The van der Waals surface area contributed by atoms with Gasteiger partial charge in [0, 0.05) is 23.5 Å². The number of rotatable bonds is 5. The molecule has 1 atom stereocenters. The Morgan fingerprint density at radius 2 is 1.81 bits per heavy atom. The van der Waals surface area contributed by atoms with Crippen molar-refractivity contribution in [3.63, 3.8) is 0 Å². The average molecular weight is 435 g/mol. The van der Waals surface area contributed by atoms with E-state index in [1.165, 1.54) is 0 Å². The van der Waals surface area contributed by atoms with E-state index in [1.807, 2.05) is 13.0 Å². The number of amides is 1. The van der Waals surface area contributed by atoms with Gasteiger partial charge in [0.05, 0.1) is 27.5 Å². The first kappa shape index (κ1) is 19.8. The van der Waals surface area contributed by atoms with E-state index >= 15 is 0 Å². The van der Waals surface area contributed by atoms with E-state index in [0.717, 1.165) is 11.1 Å². The van der Waals surface area contributed by atoms with Gasteiger partial charge in [-0.1, -0.05) is 6.07 Å². The van der Waals surface area contributed by atoms with Crippen molar-refractivity contribution < 1.29 is 19.0 Å². The lowest BCUT2D eigenvalue weighted by atomic mass is 9.86. The molecule has 1 aromatic carbocycles. The number of methoxy groups -OCH3 is 3. The Kier molecular flexibility index (Phi) is 4.65. The van der Waals surface area contributed by atoms with Crippen LogP contribution in [0.2, 0.25) is 0 Å². The van der Waals surface area contributed by atoms with E-state index in [0.29, 0.717) is 40.4 Å². The van der Waals surface area contributed by atoms with Gasteiger partial charge in [-0.15, -0.1) is 15.3 Å². The zero-order chi connectivity index (χ0) is 22.4. The van der Waals surface area contributed by atoms with Crippen LogP contribution in [0.25, 0.3) is 11.5 Å². The Bertz CT molecular complexity index is 1340. The molecule has 3 aromatic heterocycles. The standard InChI is InChI=1S/C21H21N7O4/c1-11-24-25-16-7-8-17(26-27(11)16)28-21-14(10-22-28)13(9-18(29)23-21)12-5-6-15(30-2)20(32-4)19(12)31-3/h5-8,10,13H,9H2,1-4H3,(H,23,29)/t13-/m0/s1. The summed E-state index contributed by atoms with van der Waals surface area (Å²) >= 11 is 0. The van der Waals surface area contributed by atoms with Gasteiger partial charge in [0.1, 0.15) is 5.82 Å². The van der Waals surface area contributed by atoms with Crippen molar-refractivity contribution in [2.24, 2.45) is 0 Å². The molecule has 1 N–H and O–H groups in total. The number of hydrogen-bond donors (Lipinski definition) is 1. The van der Waals surface area contributed by atoms with Crippen molar-refractivity contribution in [1.82, 2.24) is 29.6 Å². The van der Waals surface area contributed by atoms with Crippen LogP contribution in [0.3, 0.4) is 0 Å². The summed E-state index contributed by atoms with van der Waals surface area (Å²) in [7, 11) is 4.68. The van der Waals surface area contributed by atoms with Crippen molar-refractivity contribution >= 4 is 17.4 Å². The van der Waals surface area contributed by atoms with Crippen LogP contribution in [0.4, 0.5) is 5.82 Å². The second-order valence-electron chi connectivity index (χ2n) is 7.30. The molecule has 32 heavy (non-hydrogen) atoms. The van der Waals surface area contributed by atoms with Gasteiger partial charge in [-0.05, 0) is 25.1 Å². The van der Waals surface area contributed by atoms with Gasteiger partial charge in [-0.2, -0.15) is 14.3 Å². The topological polar surface area (TPSA) is 118 Å². The van der Waals surface area contributed by atoms with E-state index in [-0.39, 0.29) is 18.2 Å². The molecule has 164 valence electrons. The predicted molar refractivity (Wildman–Crippen MR) is 114 cm³/mol. The van der Waals surface area contributed by atoms with Crippen molar-refractivity contribution in [3.05, 3.63) is 47.4 Å². The molecular weight excluding hydrogens is 414 g/mol. The highest BCUT2D eigenvalue weighted by molar-refractivity contribution is 5.95. The van der Waals surface area contributed by atoms with Crippen molar-refractivity contribution in [2.75, 3.05) is 26.6 Å². The second kappa shape index (κ2) is 7.52. The Labute approximate surface area is 182 Å². The molecule has 0 radical (unpaired) electrons. The minimum absolute atomic E-state index is 0.136. The lowest BCUT2D eigenvalue weighted by Crippen LogP contribution is -2.25. The summed E-state index contributed by atoms with van der Waals surface area (Å²) in [5.74, 6) is 2.85. The molecule has 0 aliphatic carbocycles. The highest BCUT2D eigenvalue weighted by atomic mass is 16.5. The van der Waals surface area contributed by atoms with Crippen LogP contribution in [-0.2, 0) is 4.79 Å². The molecule has 0 saturated carbocycles. The number of carbonyl (C=O) groups excluding carboxylic acids is 1. The van der Waals surface area contributed by atoms with E-state index in [1.54, 1.807) is 54.9 Å². The summed E-state index contributed by atoms with van der Waals surface area (Å²) in [6, 6.07) is 7.27. The fraction of sp³-hybridized carbons (Fsp3) is 0.286. The van der Waals surface area contributed by atoms with Crippen molar-refractivity contribution in [2.45, 2.75) is 19.3 Å². The summed E-state index contributed by atoms with van der Waals surface area (Å²) in [6.07, 6.45) is 1.97. The molecule has 11 nitrogen and oxygen atoms in total. The maximum atomic E-state index is 12.7. The molecule has 1 aliphatic heterocycles. The smallest absolute Gasteiger partial charge is 0.226 e. The molecule has 0 spiro atoms. The molecule has 0 saturated heterocycles. The minimum atomic E-state index is -0.289. The number of carbonyl (C=O) groups is 1. The second-order valence-corrected chi connectivity index (χ2v) is 7.30. The summed E-state index contributed by atoms with van der Waals surface area (Å²) in [5.41, 5.74) is 2.28. The Balaban J connectivity index is 1.65. The van der Waals surface area contributed by atoms with Crippen LogP contribution in [0.15, 0.2) is 30.5 Å². The molecule has 0 fully saturated rings. The summed E-state index contributed by atoms with van der Waals surface area (Å²) < 4.78 is 19.8. The lowest BCUT2D eigenvalue weighted by Gasteiger charge is -2.26. The maximum absolute atomic E-state index is 12.7. The van der Waals surface area contributed by atoms with Gasteiger partial charge in [0.15, 0.2) is 28.8 Å². The highest BCUT2D eigenvalue weighted by Crippen LogP contribution is 2.47. The molecule has 4 heterocycles. The maximum Gasteiger partial charge on any atom is 0.226 e. The van der Waals surface area contributed by atoms with E-state index < -0.39 is 0 Å². The van der Waals surface area contributed by atoms with E-state index in [2.05, 4.69) is 25.7 Å². The summed E-state index contributed by atoms with van der Waals surface area (Å²) in [5, 5.41) is 20.1. The number of nitrogens with zero attached hydrogens (tertiary/aromatic N) is 6. The van der Waals surface area contributed by atoms with Crippen LogP contribution in [0, 0.1) is 6.92 Å². The monoisotopic (exact) mass is 435 g/mol. The average Bonchev–Trinajstić information content (AvgIpc) is 3.40. The summed E-state index contributed by atoms with van der Waals surface area (Å²) in [4.78, 5) is 12.7. The van der Waals surface area contributed by atoms with Crippen LogP contribution in [-0.4, -0.2) is 56.8 Å². The molecule has 5 rings (SSSR count). The van der Waals surface area contributed by atoms with Crippen molar-refractivity contribution in [3.8, 4) is 23.1 Å². The Morgan fingerprint density at radius 1 is 1.00 bits per heavy atom. The van der Waals surface area contributed by atoms with Gasteiger partial charge in [-0.3, -0.25) is 4.79 Å². The van der Waals surface area contributed by atoms with Gasteiger partial charge in [0.25, 0.3) is 0 Å². The van der Waals surface area contributed by atoms with Gasteiger partial charge in [-0.25, -0.2) is 0 Å². The fourth-order valence-electron chi connectivity index (χ4n) is 4.07. The van der Waals surface area contributed by atoms with E-state index in [9.17, 15) is 4.79 Å². The first-order valence-electron chi connectivity index (χ1n) is 9.91. The number of anilines is 1. The van der Waals surface area contributed by atoms with Crippen molar-refractivity contribution in [1.29, 1.82) is 0 Å². The molecular formula is C21H21N7O4. The number of benzene rings is 1. The third-order valence-corrected chi connectivity index (χ3v) is 5.55. The zero-order valence-electron chi connectivity index (χ0n) is 18.0. The Hall–Kier alpha value is -4.15. The number of aryl methyl sites for hydroxylation is 1. The highest BCUT2D eigenvalue weighted by Gasteiger charge is 2.34. The molecule has 1 amide bonds. The molecule has 4 aromatic rings. The summed E-state index contributed by atoms with van der Waals surface area (Å²) in [6.45, 7) is 1.82. The fourth-order valence-corrected chi connectivity index (χ4v) is 4.07. The molecule has 1 aliphatic rings. The van der Waals surface area contributed by atoms with Gasteiger partial charge >= 0.3 is 0 Å². The molecule has 0 bridgehead atoms. The quantitative estimate of drug-likeness (QED) is 0.507. The van der Waals surface area contributed by atoms with Gasteiger partial charge < -0.3 is 19.5 Å². The number of ether oxygens (including phenoxy) is 3. The lowest BCUT2D eigenvalue weighted by molar-refractivity contribution is -0.116. The SMILES string of the molecule is COc1ccc([C@@H]2CC(=O)Nc3c2cnn3-c2ccc3nnc(C)n3n2)c(OC)c1OC. The zero-order valence-corrected chi connectivity index (χ0v) is 18.0. The van der Waals surface area contributed by atoms with E-state index in [4.69, 9.17) is 14.2 Å². The van der Waals surface area contributed by atoms with Crippen LogP contribution in [0.5, 0.6) is 17.2 Å². The predicted octanol–water partition coefficient (Wildman–Crippen LogP) is 2.12. The van der Waals surface area contributed by atoms with Crippen LogP contribution in [0.1, 0.15) is 29.3 Å². The first-order chi connectivity index (χ1) is 15.5. The third kappa shape index (κ3) is 2.93. The van der Waals surface area contributed by atoms with Crippen LogP contribution < -0.4 is 19.5 Å². The third-order valence-electron chi connectivity index (χ3n) is 5.55. The first-order valence-corrected chi connectivity index (χ1v) is 9.91. The Morgan fingerprint density at radius 3 is 2.56 bits per heavy atom. The molecule has 0 unspecified atom stereocenters. The number of aromatic nitrogens is 6. The number of nitrogens with one attached hydrogen (secondary N) is 1.